The van der Waals surface area contributed by atoms with E-state index in [1.807, 2.05) is 31.8 Å². The van der Waals surface area contributed by atoms with Gasteiger partial charge in [0, 0.05) is 42.4 Å². The molecule has 4 rings (SSSR count). The van der Waals surface area contributed by atoms with Gasteiger partial charge in [0.25, 0.3) is 17.1 Å². The third-order valence-electron chi connectivity index (χ3n) is 6.62. The van der Waals surface area contributed by atoms with Crippen molar-refractivity contribution in [3.8, 4) is 11.1 Å². The van der Waals surface area contributed by atoms with Crippen molar-refractivity contribution in [1.82, 2.24) is 0 Å². The number of allylic oxidation sites excluding steroid dienone is 5. The maximum Gasteiger partial charge on any atom is 0.339 e. The molecule has 5 radical (unpaired) electrons. The van der Waals surface area contributed by atoms with Crippen molar-refractivity contribution in [2.75, 3.05) is 46.8 Å². The van der Waals surface area contributed by atoms with Crippen LogP contribution in [0.1, 0.15) is 21.5 Å². The van der Waals surface area contributed by atoms with Crippen LogP contribution in [-0.2, 0) is 18.9 Å². The highest BCUT2D eigenvalue weighted by Gasteiger charge is 2.38. The van der Waals surface area contributed by atoms with Gasteiger partial charge in [-0.2, -0.15) is 0 Å². The normalized spacial score (nSPS) is 15.2. The Hall–Kier alpha value is -4.79. The Morgan fingerprint density at radius 2 is 1.33 bits per heavy atom. The molecule has 0 amide bonds. The number of fused-ring (bicyclic) bond motifs is 3. The molecular formula is C31H28N3O11. The Kier molecular flexibility index (Phi) is 11.6. The van der Waals surface area contributed by atoms with E-state index < -0.39 is 37.8 Å². The zero-order valence-corrected chi connectivity index (χ0v) is 24.1. The van der Waals surface area contributed by atoms with Crippen LogP contribution in [0.2, 0.25) is 0 Å². The lowest BCUT2D eigenvalue weighted by Gasteiger charge is -2.11. The maximum atomic E-state index is 13.3. The van der Waals surface area contributed by atoms with E-state index in [0.29, 0.717) is 13.2 Å². The molecule has 0 bridgehead atoms. The van der Waals surface area contributed by atoms with E-state index in [4.69, 9.17) is 18.9 Å². The number of carbonyl (C=O) groups excluding carboxylic acids is 1. The molecule has 2 aliphatic rings. The van der Waals surface area contributed by atoms with Crippen LogP contribution in [0.3, 0.4) is 0 Å². The molecule has 2 aromatic rings. The number of nitro benzene ring substituents is 3. The minimum absolute atomic E-state index is 0.00152. The summed E-state index contributed by atoms with van der Waals surface area (Å²) < 4.78 is 20.9. The molecular weight excluding hydrogens is 590 g/mol. The summed E-state index contributed by atoms with van der Waals surface area (Å²) in [6.07, 6.45) is 15.9. The number of nitrogens with zero attached hydrogens (tertiary/aromatic N) is 3. The van der Waals surface area contributed by atoms with Gasteiger partial charge >= 0.3 is 5.97 Å². The summed E-state index contributed by atoms with van der Waals surface area (Å²) in [7, 11) is 1.55. The number of hydrogen-bond acceptors (Lipinski definition) is 11. The highest BCUT2D eigenvalue weighted by Crippen LogP contribution is 2.52. The molecule has 0 spiro atoms. The number of non-ortho nitro benzene ring substituents is 2. The molecule has 233 valence electrons. The number of benzene rings is 2. The van der Waals surface area contributed by atoms with Crippen molar-refractivity contribution in [3.63, 3.8) is 0 Å². The van der Waals surface area contributed by atoms with Crippen LogP contribution in [0.25, 0.3) is 16.7 Å². The van der Waals surface area contributed by atoms with Crippen molar-refractivity contribution in [3.05, 3.63) is 133 Å². The fourth-order valence-corrected chi connectivity index (χ4v) is 4.65. The molecule has 1 saturated carbocycles. The molecule has 0 atom stereocenters. The molecule has 2 aromatic carbocycles. The van der Waals surface area contributed by atoms with Crippen molar-refractivity contribution in [2.45, 2.75) is 0 Å². The van der Waals surface area contributed by atoms with Gasteiger partial charge in [-0.25, -0.2) is 4.79 Å². The molecule has 14 heteroatoms. The first-order chi connectivity index (χ1) is 21.7. The SMILES string of the molecule is COCCOCCOCCOC(=O)c1cc([N+](=O)[O-])cc2c1-c1c(cc([N+](=O)[O-])cc1[N+](=O)[O-])\C2=C/C=C/C=C/[C]1[CH][CH][CH][CH]1. The summed E-state index contributed by atoms with van der Waals surface area (Å²) >= 11 is 0. The summed E-state index contributed by atoms with van der Waals surface area (Å²) in [6.45, 7) is 1.10. The number of methoxy groups -OCH3 is 1. The highest BCUT2D eigenvalue weighted by atomic mass is 16.6. The van der Waals surface area contributed by atoms with Gasteiger partial charge in [-0.05, 0) is 36.8 Å². The predicted octanol–water partition coefficient (Wildman–Crippen LogP) is 5.18. The van der Waals surface area contributed by atoms with E-state index in [-0.39, 0.29) is 59.8 Å². The standard InChI is InChI=1S/C31H28N3O11/c1-42-11-12-43-13-14-44-15-16-45-31(35)27-19-22(32(36)37)17-25-24(10-4-2-3-7-21-8-5-6-9-21)26-18-23(33(38)39)20-28(34(40)41)30(26)29(25)27/h2-10,17-20H,11-16H2,1H3/b4-2+,7-3+,24-10-. The molecule has 0 aliphatic heterocycles. The first kappa shape index (κ1) is 33.1. The second-order valence-electron chi connectivity index (χ2n) is 9.47. The van der Waals surface area contributed by atoms with Gasteiger partial charge in [0.1, 0.15) is 6.61 Å². The van der Waals surface area contributed by atoms with Gasteiger partial charge in [0.2, 0.25) is 0 Å². The average molecular weight is 619 g/mol. The highest BCUT2D eigenvalue weighted by molar-refractivity contribution is 6.12. The largest absolute Gasteiger partial charge is 0.460 e. The van der Waals surface area contributed by atoms with Crippen LogP contribution >= 0.6 is 0 Å². The van der Waals surface area contributed by atoms with Crippen molar-refractivity contribution in [1.29, 1.82) is 0 Å². The number of esters is 1. The van der Waals surface area contributed by atoms with E-state index in [1.54, 1.807) is 25.3 Å². The van der Waals surface area contributed by atoms with Gasteiger partial charge in [0.05, 0.1) is 65.0 Å². The molecule has 0 aromatic heterocycles. The van der Waals surface area contributed by atoms with Crippen LogP contribution in [-0.4, -0.2) is 67.5 Å². The first-order valence-corrected chi connectivity index (χ1v) is 13.6. The molecule has 0 unspecified atom stereocenters. The number of ether oxygens (including phenoxy) is 4. The van der Waals surface area contributed by atoms with E-state index in [9.17, 15) is 35.1 Å². The molecule has 45 heavy (non-hydrogen) atoms. The maximum absolute atomic E-state index is 13.3. The van der Waals surface area contributed by atoms with Gasteiger partial charge in [-0.1, -0.05) is 30.4 Å². The fraction of sp³-hybridized carbons (Fsp3) is 0.226. The minimum Gasteiger partial charge on any atom is -0.460 e. The van der Waals surface area contributed by atoms with Crippen LogP contribution < -0.4 is 0 Å². The molecule has 14 nitrogen and oxygen atoms in total. The lowest BCUT2D eigenvalue weighted by Crippen LogP contribution is -2.15. The van der Waals surface area contributed by atoms with E-state index >= 15 is 0 Å². The number of nitro groups is 3. The van der Waals surface area contributed by atoms with E-state index in [2.05, 4.69) is 0 Å². The molecule has 2 aliphatic carbocycles. The van der Waals surface area contributed by atoms with Gasteiger partial charge in [-0.15, -0.1) is 0 Å². The van der Waals surface area contributed by atoms with Crippen LogP contribution in [0.5, 0.6) is 0 Å². The summed E-state index contributed by atoms with van der Waals surface area (Å²) in [5.74, 6) is -0.0300. The smallest absolute Gasteiger partial charge is 0.339 e. The molecule has 0 N–H and O–H groups in total. The number of rotatable bonds is 16. The second-order valence-corrected chi connectivity index (χ2v) is 9.47. The van der Waals surface area contributed by atoms with Gasteiger partial charge in [-0.3, -0.25) is 30.3 Å². The quantitative estimate of drug-likeness (QED) is 0.0678. The third kappa shape index (κ3) is 8.23. The van der Waals surface area contributed by atoms with Gasteiger partial charge in [0.15, 0.2) is 0 Å². The fourth-order valence-electron chi connectivity index (χ4n) is 4.65. The summed E-state index contributed by atoms with van der Waals surface area (Å²) in [5, 5.41) is 35.7. The molecule has 1 fully saturated rings. The number of carbonyl (C=O) groups is 1. The van der Waals surface area contributed by atoms with Crippen LogP contribution in [0.4, 0.5) is 17.1 Å². The average Bonchev–Trinajstić information content (AvgIpc) is 3.65. The lowest BCUT2D eigenvalue weighted by molar-refractivity contribution is -0.393. The zero-order chi connectivity index (χ0) is 32.3. The summed E-state index contributed by atoms with van der Waals surface area (Å²) in [6, 6.07) is 4.09. The third-order valence-corrected chi connectivity index (χ3v) is 6.62. The Bertz CT molecular complexity index is 1540. The monoisotopic (exact) mass is 618 g/mol. The Morgan fingerprint density at radius 3 is 1.96 bits per heavy atom. The van der Waals surface area contributed by atoms with Crippen molar-refractivity contribution >= 4 is 28.6 Å². The first-order valence-electron chi connectivity index (χ1n) is 13.6. The van der Waals surface area contributed by atoms with E-state index in [1.165, 1.54) is 12.1 Å². The van der Waals surface area contributed by atoms with Crippen molar-refractivity contribution < 1.29 is 38.5 Å². The Morgan fingerprint density at radius 1 is 0.733 bits per heavy atom. The van der Waals surface area contributed by atoms with E-state index in [0.717, 1.165) is 24.1 Å². The molecule has 0 saturated heterocycles. The lowest BCUT2D eigenvalue weighted by atomic mass is 9.97. The zero-order valence-electron chi connectivity index (χ0n) is 24.1. The topological polar surface area (TPSA) is 183 Å². The Balaban J connectivity index is 1.71. The predicted molar refractivity (Wildman–Crippen MR) is 161 cm³/mol. The van der Waals surface area contributed by atoms with Crippen molar-refractivity contribution in [2.24, 2.45) is 0 Å². The Labute approximate surface area is 258 Å². The number of hydrogen-bond donors (Lipinski definition) is 0. The van der Waals surface area contributed by atoms with Crippen LogP contribution in [0.15, 0.2) is 54.6 Å². The minimum atomic E-state index is -0.983. The summed E-state index contributed by atoms with van der Waals surface area (Å²) in [4.78, 5) is 46.8. The second kappa shape index (κ2) is 15.8. The van der Waals surface area contributed by atoms with Crippen LogP contribution in [0, 0.1) is 61.9 Å². The molecule has 0 heterocycles. The summed E-state index contributed by atoms with van der Waals surface area (Å²) in [5.41, 5.74) is -1.64. The van der Waals surface area contributed by atoms with Gasteiger partial charge < -0.3 is 18.9 Å².